The van der Waals surface area contributed by atoms with Gasteiger partial charge in [-0.15, -0.1) is 0 Å². The maximum atomic E-state index is 10.9. The topological polar surface area (TPSA) is 46.5 Å². The zero-order valence-corrected chi connectivity index (χ0v) is 11.2. The van der Waals surface area contributed by atoms with E-state index >= 15 is 0 Å². The third-order valence-corrected chi connectivity index (χ3v) is 3.09. The number of hydrogen-bond donors (Lipinski definition) is 1. The van der Waals surface area contributed by atoms with E-state index in [4.69, 9.17) is 9.84 Å². The summed E-state index contributed by atoms with van der Waals surface area (Å²) in [7, 11) is 0. The van der Waals surface area contributed by atoms with Gasteiger partial charge in [0.2, 0.25) is 0 Å². The molecule has 0 saturated heterocycles. The molecule has 19 heavy (non-hydrogen) atoms. The predicted molar refractivity (Wildman–Crippen MR) is 75.9 cm³/mol. The minimum atomic E-state index is -0.904. The van der Waals surface area contributed by atoms with E-state index in [9.17, 15) is 4.79 Å². The van der Waals surface area contributed by atoms with Gasteiger partial charge in [0.1, 0.15) is 5.75 Å². The van der Waals surface area contributed by atoms with Crippen LogP contribution < -0.4 is 4.74 Å². The molecule has 0 spiro atoms. The molecule has 2 rings (SSSR count). The van der Waals surface area contributed by atoms with Crippen molar-refractivity contribution in [1.29, 1.82) is 0 Å². The Labute approximate surface area is 112 Å². The highest BCUT2D eigenvalue weighted by Crippen LogP contribution is 2.23. The van der Waals surface area contributed by atoms with Crippen LogP contribution in [-0.2, 0) is 0 Å². The Hall–Kier alpha value is -2.03. The van der Waals surface area contributed by atoms with E-state index in [0.717, 1.165) is 29.4 Å². The van der Waals surface area contributed by atoms with Crippen LogP contribution in [0.5, 0.6) is 5.75 Å². The fraction of sp³-hybridized carbons (Fsp3) is 0.312. The zero-order chi connectivity index (χ0) is 13.8. The lowest BCUT2D eigenvalue weighted by Gasteiger charge is -2.14. The summed E-state index contributed by atoms with van der Waals surface area (Å²) in [5.74, 6) is -0.0738. The Morgan fingerprint density at radius 1 is 1.21 bits per heavy atom. The molecule has 0 aliphatic carbocycles. The molecule has 0 saturated carbocycles. The smallest absolute Gasteiger partial charge is 0.335 e. The van der Waals surface area contributed by atoms with Crippen molar-refractivity contribution < 1.29 is 14.6 Å². The lowest BCUT2D eigenvalue weighted by Crippen LogP contribution is -2.10. The molecule has 0 radical (unpaired) electrons. The van der Waals surface area contributed by atoms with Crippen LogP contribution in [0.4, 0.5) is 0 Å². The Bertz CT molecular complexity index is 590. The number of benzene rings is 2. The first-order valence-electron chi connectivity index (χ1n) is 6.54. The van der Waals surface area contributed by atoms with E-state index in [1.807, 2.05) is 24.3 Å². The highest BCUT2D eigenvalue weighted by atomic mass is 16.5. The highest BCUT2D eigenvalue weighted by molar-refractivity contribution is 5.94. The second-order valence-electron chi connectivity index (χ2n) is 4.75. The van der Waals surface area contributed by atoms with Gasteiger partial charge in [-0.1, -0.05) is 25.5 Å². The van der Waals surface area contributed by atoms with Crippen molar-refractivity contribution in [3.63, 3.8) is 0 Å². The predicted octanol–water partition coefficient (Wildman–Crippen LogP) is 4.11. The largest absolute Gasteiger partial charge is 0.491 e. The SMILES string of the molecule is CCCC(C)Oc1ccc2cc(C(=O)O)ccc2c1. The Morgan fingerprint density at radius 2 is 1.89 bits per heavy atom. The summed E-state index contributed by atoms with van der Waals surface area (Å²) in [4.78, 5) is 10.9. The molecule has 2 aromatic rings. The van der Waals surface area contributed by atoms with Gasteiger partial charge < -0.3 is 9.84 Å². The van der Waals surface area contributed by atoms with Gasteiger partial charge in [-0.2, -0.15) is 0 Å². The van der Waals surface area contributed by atoms with Gasteiger partial charge in [0.25, 0.3) is 0 Å². The fourth-order valence-corrected chi connectivity index (χ4v) is 2.13. The maximum absolute atomic E-state index is 10.9. The molecule has 0 fully saturated rings. The molecule has 100 valence electrons. The minimum Gasteiger partial charge on any atom is -0.491 e. The lowest BCUT2D eigenvalue weighted by atomic mass is 10.1. The summed E-state index contributed by atoms with van der Waals surface area (Å²) in [6.45, 7) is 4.19. The quantitative estimate of drug-likeness (QED) is 0.878. The average Bonchev–Trinajstić information content (AvgIpc) is 2.38. The van der Waals surface area contributed by atoms with Crippen LogP contribution in [0.1, 0.15) is 37.0 Å². The standard InChI is InChI=1S/C16H18O3/c1-3-4-11(2)19-15-8-7-12-9-14(16(17)18)6-5-13(12)10-15/h5-11H,3-4H2,1-2H3,(H,17,18). The Kier molecular flexibility index (Phi) is 4.05. The second kappa shape index (κ2) is 5.74. The van der Waals surface area contributed by atoms with Crippen molar-refractivity contribution in [2.75, 3.05) is 0 Å². The van der Waals surface area contributed by atoms with E-state index in [-0.39, 0.29) is 6.10 Å². The molecule has 0 bridgehead atoms. The van der Waals surface area contributed by atoms with E-state index in [2.05, 4.69) is 13.8 Å². The fourth-order valence-electron chi connectivity index (χ4n) is 2.13. The summed E-state index contributed by atoms with van der Waals surface area (Å²) >= 11 is 0. The molecule has 0 amide bonds. The first-order valence-corrected chi connectivity index (χ1v) is 6.54. The van der Waals surface area contributed by atoms with Crippen LogP contribution in [0.2, 0.25) is 0 Å². The van der Waals surface area contributed by atoms with Crippen LogP contribution in [0.25, 0.3) is 10.8 Å². The molecule has 0 aromatic heterocycles. The second-order valence-corrected chi connectivity index (χ2v) is 4.75. The number of hydrogen-bond acceptors (Lipinski definition) is 2. The van der Waals surface area contributed by atoms with Gasteiger partial charge in [0.05, 0.1) is 11.7 Å². The molecule has 1 unspecified atom stereocenters. The van der Waals surface area contributed by atoms with Crippen molar-refractivity contribution >= 4 is 16.7 Å². The number of aromatic carboxylic acids is 1. The molecule has 3 nitrogen and oxygen atoms in total. The first-order chi connectivity index (χ1) is 9.10. The maximum Gasteiger partial charge on any atom is 0.335 e. The summed E-state index contributed by atoms with van der Waals surface area (Å²) in [6, 6.07) is 10.8. The molecule has 2 aromatic carbocycles. The van der Waals surface area contributed by atoms with Gasteiger partial charge in [0.15, 0.2) is 0 Å². The zero-order valence-electron chi connectivity index (χ0n) is 11.2. The molecule has 0 aliphatic heterocycles. The molecule has 0 aliphatic rings. The molecule has 3 heteroatoms. The van der Waals surface area contributed by atoms with Crippen LogP contribution in [-0.4, -0.2) is 17.2 Å². The summed E-state index contributed by atoms with van der Waals surface area (Å²) in [6.07, 6.45) is 2.31. The number of carbonyl (C=O) groups is 1. The summed E-state index contributed by atoms with van der Waals surface area (Å²) < 4.78 is 5.82. The Balaban J connectivity index is 2.26. The third kappa shape index (κ3) is 3.25. The van der Waals surface area contributed by atoms with Crippen LogP contribution in [0.3, 0.4) is 0 Å². The van der Waals surface area contributed by atoms with Crippen molar-refractivity contribution in [2.24, 2.45) is 0 Å². The molecular formula is C16H18O3. The van der Waals surface area contributed by atoms with Gasteiger partial charge in [0, 0.05) is 0 Å². The van der Waals surface area contributed by atoms with Crippen LogP contribution in [0, 0.1) is 0 Å². The number of carboxylic acid groups (broad SMARTS) is 1. The van der Waals surface area contributed by atoms with Crippen LogP contribution in [0.15, 0.2) is 36.4 Å². The van der Waals surface area contributed by atoms with E-state index < -0.39 is 5.97 Å². The monoisotopic (exact) mass is 258 g/mol. The molecule has 1 N–H and O–H groups in total. The van der Waals surface area contributed by atoms with Gasteiger partial charge in [-0.05, 0) is 48.4 Å². The van der Waals surface area contributed by atoms with Gasteiger partial charge in [-0.3, -0.25) is 0 Å². The average molecular weight is 258 g/mol. The van der Waals surface area contributed by atoms with Gasteiger partial charge >= 0.3 is 5.97 Å². The molecular weight excluding hydrogens is 240 g/mol. The molecule has 1 atom stereocenters. The van der Waals surface area contributed by atoms with Crippen molar-refractivity contribution in [2.45, 2.75) is 32.8 Å². The minimum absolute atomic E-state index is 0.195. The van der Waals surface area contributed by atoms with Crippen molar-refractivity contribution in [3.05, 3.63) is 42.0 Å². The third-order valence-electron chi connectivity index (χ3n) is 3.09. The number of fused-ring (bicyclic) bond motifs is 1. The van der Waals surface area contributed by atoms with Gasteiger partial charge in [-0.25, -0.2) is 4.79 Å². The van der Waals surface area contributed by atoms with E-state index in [1.165, 1.54) is 0 Å². The van der Waals surface area contributed by atoms with Crippen molar-refractivity contribution in [1.82, 2.24) is 0 Å². The number of carboxylic acids is 1. The van der Waals surface area contributed by atoms with Crippen LogP contribution >= 0.6 is 0 Å². The summed E-state index contributed by atoms with van der Waals surface area (Å²) in [5.41, 5.74) is 0.306. The first kappa shape index (κ1) is 13.4. The summed E-state index contributed by atoms with van der Waals surface area (Å²) in [5, 5.41) is 10.9. The number of rotatable bonds is 5. The van der Waals surface area contributed by atoms with E-state index in [1.54, 1.807) is 12.1 Å². The lowest BCUT2D eigenvalue weighted by molar-refractivity contribution is 0.0697. The number of ether oxygens (including phenoxy) is 1. The normalized spacial score (nSPS) is 12.3. The van der Waals surface area contributed by atoms with E-state index in [0.29, 0.717) is 5.56 Å². The Morgan fingerprint density at radius 3 is 2.58 bits per heavy atom. The molecule has 0 heterocycles. The highest BCUT2D eigenvalue weighted by Gasteiger charge is 2.06. The van der Waals surface area contributed by atoms with Crippen molar-refractivity contribution in [3.8, 4) is 5.75 Å².